The van der Waals surface area contributed by atoms with Crippen molar-refractivity contribution >= 4 is 34.3 Å². The molecule has 2 heterocycles. The molecule has 0 bridgehead atoms. The van der Waals surface area contributed by atoms with E-state index in [1.165, 1.54) is 17.3 Å². The number of aliphatic hydroxyl groups excluding tert-OH is 1. The van der Waals surface area contributed by atoms with Gasteiger partial charge in [-0.15, -0.1) is 0 Å². The van der Waals surface area contributed by atoms with E-state index in [-0.39, 0.29) is 29.9 Å². The summed E-state index contributed by atoms with van der Waals surface area (Å²) in [5.41, 5.74) is 2.63. The molecule has 1 atom stereocenters. The van der Waals surface area contributed by atoms with E-state index in [1.807, 2.05) is 42.2 Å². The van der Waals surface area contributed by atoms with E-state index < -0.39 is 0 Å². The molecular weight excluding hydrogens is 386 g/mol. The van der Waals surface area contributed by atoms with Crippen molar-refractivity contribution in [2.75, 3.05) is 17.3 Å². The molecule has 150 valence electrons. The van der Waals surface area contributed by atoms with Gasteiger partial charge in [-0.25, -0.2) is 4.98 Å². The molecule has 4 rings (SSSR count). The second-order valence-corrected chi connectivity index (χ2v) is 8.12. The Balaban J connectivity index is 1.61. The minimum absolute atomic E-state index is 0.00330. The number of nitrogens with zero attached hydrogens (tertiary/aromatic N) is 3. The molecule has 1 aliphatic heterocycles. The number of aromatic nitrogens is 2. The fourth-order valence-electron chi connectivity index (χ4n) is 3.83. The van der Waals surface area contributed by atoms with Gasteiger partial charge in [-0.05, 0) is 43.5 Å². The van der Waals surface area contributed by atoms with Crippen LogP contribution in [0.15, 0.2) is 58.5 Å². The van der Waals surface area contributed by atoms with E-state index in [0.29, 0.717) is 29.0 Å². The van der Waals surface area contributed by atoms with E-state index >= 15 is 0 Å². The fourth-order valence-corrected chi connectivity index (χ4v) is 4.71. The molecule has 0 spiro atoms. The molecule has 1 N–H and O–H groups in total. The van der Waals surface area contributed by atoms with E-state index in [9.17, 15) is 14.7 Å². The number of fused-ring (bicyclic) bond motifs is 2. The molecule has 0 saturated carbocycles. The summed E-state index contributed by atoms with van der Waals surface area (Å²) in [6.07, 6.45) is 1.31. The molecule has 2 aromatic carbocycles. The molecule has 29 heavy (non-hydrogen) atoms. The highest BCUT2D eigenvalue weighted by molar-refractivity contribution is 7.99. The first-order chi connectivity index (χ1) is 14.1. The highest BCUT2D eigenvalue weighted by atomic mass is 32.2. The van der Waals surface area contributed by atoms with Crippen LogP contribution in [-0.4, -0.2) is 39.0 Å². The molecular formula is C22H23N3O3S. The normalized spacial score (nSPS) is 15.7. The lowest BCUT2D eigenvalue weighted by Gasteiger charge is -2.22. The second kappa shape index (κ2) is 8.39. The van der Waals surface area contributed by atoms with Gasteiger partial charge < -0.3 is 10.0 Å². The molecule has 1 aromatic heterocycles. The van der Waals surface area contributed by atoms with Crippen LogP contribution in [0.4, 0.5) is 5.69 Å². The Morgan fingerprint density at radius 1 is 1.21 bits per heavy atom. The van der Waals surface area contributed by atoms with Crippen molar-refractivity contribution < 1.29 is 9.90 Å². The smallest absolute Gasteiger partial charge is 0.262 e. The van der Waals surface area contributed by atoms with Crippen LogP contribution >= 0.6 is 11.8 Å². The van der Waals surface area contributed by atoms with Crippen LogP contribution in [0, 0.1) is 0 Å². The van der Waals surface area contributed by atoms with Crippen LogP contribution in [0.1, 0.15) is 18.9 Å². The Morgan fingerprint density at radius 3 is 2.79 bits per heavy atom. The third-order valence-corrected chi connectivity index (χ3v) is 6.13. The summed E-state index contributed by atoms with van der Waals surface area (Å²) in [7, 11) is 0. The highest BCUT2D eigenvalue weighted by Gasteiger charge is 2.30. The van der Waals surface area contributed by atoms with Gasteiger partial charge in [0.15, 0.2) is 5.16 Å². The van der Waals surface area contributed by atoms with Crippen molar-refractivity contribution in [1.29, 1.82) is 0 Å². The number of carbonyl (C=O) groups is 1. The average molecular weight is 410 g/mol. The number of hydrogen-bond acceptors (Lipinski definition) is 5. The van der Waals surface area contributed by atoms with Gasteiger partial charge in [0.1, 0.15) is 0 Å². The first-order valence-electron chi connectivity index (χ1n) is 9.73. The molecule has 1 unspecified atom stereocenters. The number of aliphatic hydroxyl groups is 1. The number of rotatable bonds is 6. The largest absolute Gasteiger partial charge is 0.396 e. The van der Waals surface area contributed by atoms with Crippen molar-refractivity contribution in [3.05, 3.63) is 64.4 Å². The second-order valence-electron chi connectivity index (χ2n) is 7.18. The molecule has 0 aliphatic carbocycles. The van der Waals surface area contributed by atoms with Crippen LogP contribution < -0.4 is 10.5 Å². The lowest BCUT2D eigenvalue weighted by atomic mass is 10.1. The Morgan fingerprint density at radius 2 is 1.97 bits per heavy atom. The molecule has 1 aliphatic rings. The SMILES string of the molecule is CC1Cc2ccccc2N1C(=O)CSc1nc2ccccc2c(=O)n1CCCO. The number of hydrogen-bond donors (Lipinski definition) is 1. The van der Waals surface area contributed by atoms with Gasteiger partial charge >= 0.3 is 0 Å². The van der Waals surface area contributed by atoms with Crippen molar-refractivity contribution in [3.8, 4) is 0 Å². The Kier molecular flexibility index (Phi) is 5.69. The molecule has 0 radical (unpaired) electrons. The van der Waals surface area contributed by atoms with Crippen molar-refractivity contribution in [3.63, 3.8) is 0 Å². The van der Waals surface area contributed by atoms with E-state index in [1.54, 1.807) is 16.7 Å². The maximum absolute atomic E-state index is 13.0. The van der Waals surface area contributed by atoms with Gasteiger partial charge in [0.05, 0.1) is 16.7 Å². The number of anilines is 1. The zero-order valence-corrected chi connectivity index (χ0v) is 17.1. The standard InChI is InChI=1S/C22H23N3O3S/c1-15-13-16-7-2-5-10-19(16)25(15)20(27)14-29-22-23-18-9-4-3-8-17(18)21(28)24(22)11-6-12-26/h2-5,7-10,15,26H,6,11-14H2,1H3. The van der Waals surface area contributed by atoms with Gasteiger partial charge in [-0.3, -0.25) is 14.2 Å². The first-order valence-corrected chi connectivity index (χ1v) is 10.7. The number of para-hydroxylation sites is 2. The van der Waals surface area contributed by atoms with Gasteiger partial charge in [-0.1, -0.05) is 42.1 Å². The van der Waals surface area contributed by atoms with Crippen LogP contribution in [-0.2, 0) is 17.8 Å². The number of thioether (sulfide) groups is 1. The minimum Gasteiger partial charge on any atom is -0.396 e. The lowest BCUT2D eigenvalue weighted by Crippen LogP contribution is -2.37. The van der Waals surface area contributed by atoms with Gasteiger partial charge in [-0.2, -0.15) is 0 Å². The zero-order chi connectivity index (χ0) is 20.4. The maximum Gasteiger partial charge on any atom is 0.262 e. The van der Waals surface area contributed by atoms with Crippen molar-refractivity contribution in [2.45, 2.75) is 37.5 Å². The fraction of sp³-hybridized carbons (Fsp3) is 0.318. The number of amides is 1. The zero-order valence-electron chi connectivity index (χ0n) is 16.2. The van der Waals surface area contributed by atoms with Crippen molar-refractivity contribution in [2.24, 2.45) is 0 Å². The third-order valence-electron chi connectivity index (χ3n) is 5.17. The number of carbonyl (C=O) groups excluding carboxylic acids is 1. The average Bonchev–Trinajstić information content (AvgIpc) is 3.07. The van der Waals surface area contributed by atoms with E-state index in [0.717, 1.165) is 12.1 Å². The molecule has 3 aromatic rings. The first kappa shape index (κ1) is 19.7. The van der Waals surface area contributed by atoms with E-state index in [2.05, 4.69) is 11.1 Å². The maximum atomic E-state index is 13.0. The molecule has 0 saturated heterocycles. The molecule has 6 nitrogen and oxygen atoms in total. The van der Waals surface area contributed by atoms with E-state index in [4.69, 9.17) is 0 Å². The summed E-state index contributed by atoms with van der Waals surface area (Å²) in [5, 5.41) is 10.3. The topological polar surface area (TPSA) is 75.4 Å². The minimum atomic E-state index is -0.140. The Labute approximate surface area is 173 Å². The summed E-state index contributed by atoms with van der Waals surface area (Å²) in [6.45, 7) is 2.41. The number of benzene rings is 2. The monoisotopic (exact) mass is 409 g/mol. The summed E-state index contributed by atoms with van der Waals surface area (Å²) < 4.78 is 1.57. The Hall–Kier alpha value is -2.64. The van der Waals surface area contributed by atoms with Crippen LogP contribution in [0.3, 0.4) is 0 Å². The molecule has 7 heteroatoms. The van der Waals surface area contributed by atoms with Crippen molar-refractivity contribution in [1.82, 2.24) is 9.55 Å². The van der Waals surface area contributed by atoms with Gasteiger partial charge in [0, 0.05) is 24.9 Å². The Bertz CT molecular complexity index is 1110. The summed E-state index contributed by atoms with van der Waals surface area (Å²) in [5.74, 6) is 0.200. The highest BCUT2D eigenvalue weighted by Crippen LogP contribution is 2.32. The lowest BCUT2D eigenvalue weighted by molar-refractivity contribution is -0.116. The summed E-state index contributed by atoms with van der Waals surface area (Å²) >= 11 is 1.28. The predicted octanol–water partition coefficient (Wildman–Crippen LogP) is 2.85. The van der Waals surface area contributed by atoms with Crippen LogP contribution in [0.5, 0.6) is 0 Å². The van der Waals surface area contributed by atoms with Crippen LogP contribution in [0.2, 0.25) is 0 Å². The predicted molar refractivity (Wildman–Crippen MR) is 116 cm³/mol. The summed E-state index contributed by atoms with van der Waals surface area (Å²) in [6, 6.07) is 15.3. The quantitative estimate of drug-likeness (QED) is 0.501. The molecule has 0 fully saturated rings. The van der Waals surface area contributed by atoms with Gasteiger partial charge in [0.25, 0.3) is 5.56 Å². The van der Waals surface area contributed by atoms with Gasteiger partial charge in [0.2, 0.25) is 5.91 Å². The van der Waals surface area contributed by atoms with Crippen LogP contribution in [0.25, 0.3) is 10.9 Å². The molecule has 1 amide bonds. The summed E-state index contributed by atoms with van der Waals surface area (Å²) in [4.78, 5) is 32.4. The third kappa shape index (κ3) is 3.80.